The number of carbonyl (C=O) groups is 2. The van der Waals surface area contributed by atoms with Crippen molar-refractivity contribution in [1.82, 2.24) is 50.6 Å². The molecule has 0 radical (unpaired) electrons. The van der Waals surface area contributed by atoms with E-state index >= 15 is 0 Å². The van der Waals surface area contributed by atoms with Gasteiger partial charge in [0.1, 0.15) is 11.6 Å². The molecule has 4 aromatic carbocycles. The van der Waals surface area contributed by atoms with Gasteiger partial charge >= 0.3 is 0 Å². The van der Waals surface area contributed by atoms with Crippen molar-refractivity contribution in [2.75, 3.05) is 88.9 Å². The fourth-order valence-electron chi connectivity index (χ4n) is 12.7. The molecule has 2 saturated carbocycles. The third kappa shape index (κ3) is 19.2. The molecule has 2 saturated heterocycles. The Labute approximate surface area is 564 Å². The Morgan fingerprint density at radius 1 is 0.537 bits per heavy atom. The average molecular weight is 1360 g/mol. The van der Waals surface area contributed by atoms with Crippen LogP contribution in [0.2, 0.25) is 0 Å². The van der Waals surface area contributed by atoms with Crippen molar-refractivity contribution in [3.05, 3.63) is 204 Å². The van der Waals surface area contributed by atoms with Gasteiger partial charge in [-0.25, -0.2) is 19.9 Å². The molecule has 4 fully saturated rings. The summed E-state index contributed by atoms with van der Waals surface area (Å²) >= 11 is 3.00. The van der Waals surface area contributed by atoms with Gasteiger partial charge in [0.15, 0.2) is 0 Å². The zero-order chi connectivity index (χ0) is 66.6. The second-order valence-corrected chi connectivity index (χ2v) is 25.4. The number of hydrogen-bond acceptors (Lipinski definition) is 16. The predicted octanol–water partition coefficient (Wildman–Crippen LogP) is 10.8. The monoisotopic (exact) mass is 1360 g/mol. The molecule has 500 valence electrons. The molecule has 9 N–H and O–H groups in total. The Balaban J connectivity index is 0.000000196. The van der Waals surface area contributed by atoms with Gasteiger partial charge in [-0.3, -0.25) is 24.3 Å². The van der Waals surface area contributed by atoms with E-state index in [2.05, 4.69) is 177 Å². The first-order valence-corrected chi connectivity index (χ1v) is 34.0. The first-order chi connectivity index (χ1) is 46.2. The number of aromatic nitrogens is 4. The largest absolute Gasteiger partial charge is 0.396 e. The van der Waals surface area contributed by atoms with Crippen LogP contribution in [0.3, 0.4) is 0 Å². The molecule has 2 aliphatic heterocycles. The van der Waals surface area contributed by atoms with Crippen LogP contribution in [0.25, 0.3) is 44.5 Å². The summed E-state index contributed by atoms with van der Waals surface area (Å²) in [7, 11) is 0. The molecule has 6 atom stereocenters. The van der Waals surface area contributed by atoms with E-state index < -0.39 is 11.9 Å². The highest BCUT2D eigenvalue weighted by Crippen LogP contribution is 2.32. The van der Waals surface area contributed by atoms with Crippen LogP contribution in [0.15, 0.2) is 158 Å². The van der Waals surface area contributed by atoms with Gasteiger partial charge in [0.05, 0.1) is 61.8 Å². The Morgan fingerprint density at radius 3 is 1.29 bits per heavy atom. The van der Waals surface area contributed by atoms with Crippen molar-refractivity contribution in [1.29, 1.82) is 0 Å². The van der Waals surface area contributed by atoms with Crippen molar-refractivity contribution in [3.8, 4) is 44.5 Å². The number of halogens is 3. The fraction of sp³-hybridized carbons (Fsp3) is 0.378. The smallest absolute Gasteiger partial charge is 0.255 e. The second kappa shape index (κ2) is 34.6. The molecule has 0 bridgehead atoms. The molecule has 4 aliphatic rings. The van der Waals surface area contributed by atoms with Crippen LogP contribution in [0, 0.1) is 11.9 Å². The fourth-order valence-corrected chi connectivity index (χ4v) is 12.7. The molecular weight excluding hydrogens is 1270 g/mol. The average Bonchev–Trinajstić information content (AvgIpc) is 1.65. The van der Waals surface area contributed by atoms with Crippen molar-refractivity contribution in [2.45, 2.75) is 102 Å². The highest BCUT2D eigenvalue weighted by Gasteiger charge is 2.32. The quantitative estimate of drug-likeness (QED) is 0.0261. The lowest BCUT2D eigenvalue weighted by molar-refractivity contribution is 0.0272. The van der Waals surface area contributed by atoms with Gasteiger partial charge in [-0.15, -0.1) is 0 Å². The van der Waals surface area contributed by atoms with Crippen LogP contribution < -0.4 is 27.4 Å². The second-order valence-electron chi connectivity index (χ2n) is 24.6. The third-order valence-electron chi connectivity index (χ3n) is 18.4. The number of rotatable bonds is 21. The van der Waals surface area contributed by atoms with E-state index in [1.807, 2.05) is 0 Å². The van der Waals surface area contributed by atoms with E-state index in [4.69, 9.17) is 26.0 Å². The number of piperazine rings is 2. The van der Waals surface area contributed by atoms with Crippen molar-refractivity contribution in [3.63, 3.8) is 0 Å². The van der Waals surface area contributed by atoms with Crippen LogP contribution in [-0.4, -0.2) is 158 Å². The number of amides is 2. The molecule has 12 rings (SSSR count). The number of nitrogens with zero attached hydrogens (tertiary/aromatic N) is 7. The molecule has 0 unspecified atom stereocenters. The zero-order valence-electron chi connectivity index (χ0n) is 54.1. The molecule has 0 spiro atoms. The van der Waals surface area contributed by atoms with Gasteiger partial charge in [-0.1, -0.05) is 113 Å². The number of ether oxygens (including phenoxy) is 2. The Hall–Kier alpha value is -7.96. The summed E-state index contributed by atoms with van der Waals surface area (Å²) in [6.45, 7) is 15.0. The lowest BCUT2D eigenvalue weighted by Gasteiger charge is -2.38. The number of nitrogens with two attached hydrogens (primary N) is 2. The van der Waals surface area contributed by atoms with Crippen LogP contribution in [0.5, 0.6) is 0 Å². The summed E-state index contributed by atoms with van der Waals surface area (Å²) < 4.78 is 39.1. The number of nitrogen functional groups attached to an aromatic ring is 2. The summed E-state index contributed by atoms with van der Waals surface area (Å²) in [5.41, 5.74) is 24.8. The summed E-state index contributed by atoms with van der Waals surface area (Å²) in [6.07, 6.45) is 11.0. The summed E-state index contributed by atoms with van der Waals surface area (Å²) in [6, 6.07) is 44.2. The number of aliphatic hydroxyl groups excluding tert-OH is 2. The van der Waals surface area contributed by atoms with Crippen molar-refractivity contribution >= 4 is 39.4 Å². The number of aliphatic hydroxyl groups is 2. The Morgan fingerprint density at radius 2 is 0.916 bits per heavy atom. The molecular formula is C74H87BrF2N12O6. The van der Waals surface area contributed by atoms with E-state index in [0.29, 0.717) is 52.9 Å². The molecule has 4 aromatic heterocycles. The van der Waals surface area contributed by atoms with Crippen LogP contribution in [0.4, 0.5) is 20.4 Å². The maximum Gasteiger partial charge on any atom is 0.255 e. The standard InChI is InChI=1S/C37H43FN6O3.C35H39FN6O2.C2H5BrO/c1-25(44-17-15-43(16-18-44)19-20-45)27-9-11-29(12-10-27)28-7-5-26(6-8-28)24-47-34-4-2-3-33(34)42-37(46)32-21-31(23-41-36(32)39)30-13-14-35(38)40-22-30;1-23(42-17-15-38-16-18-42)25-9-11-27(12-10-25)26-7-5-24(6-8-26)22-44-32-4-2-3-31(32)41-35(43)30-19-29(21-40-34(30)37)28-13-14-33(36)39-20-28;3-1-2-4/h5-14,21-23,25,33-34,45H,2-4,15-20,24H2,1H3,(H2,39,41)(H,42,46);5-14,19-21,23,31-32,38H,2-4,15-18,22H2,1H3,(H2,37,40)(H,41,43);4H,1-2H2/t25-,33-,34-;23-,31-,32-;/m00./s1. The molecule has 21 heteroatoms. The first-order valence-electron chi connectivity index (χ1n) is 32.9. The van der Waals surface area contributed by atoms with Gasteiger partial charge in [-0.05, 0) is 133 Å². The number of benzene rings is 4. The Kier molecular flexibility index (Phi) is 25.5. The highest BCUT2D eigenvalue weighted by molar-refractivity contribution is 9.09. The number of carbonyl (C=O) groups excluding carboxylic acids is 2. The van der Waals surface area contributed by atoms with Gasteiger partial charge < -0.3 is 47.1 Å². The number of β-amino-alcohol motifs (C(OH)–C–C–N with tert-alkyl or cyclic N) is 1. The molecule has 2 aliphatic carbocycles. The minimum absolute atomic E-state index is 0.0949. The number of nitrogens with one attached hydrogen (secondary N) is 3. The maximum atomic E-state index is 13.3. The van der Waals surface area contributed by atoms with E-state index in [1.165, 1.54) is 52.3 Å². The number of pyridine rings is 4. The first kappa shape index (κ1) is 69.9. The van der Waals surface area contributed by atoms with Gasteiger partial charge in [0, 0.05) is 123 Å². The van der Waals surface area contributed by atoms with Crippen LogP contribution >= 0.6 is 15.9 Å². The van der Waals surface area contributed by atoms with E-state index in [1.54, 1.807) is 36.7 Å². The summed E-state index contributed by atoms with van der Waals surface area (Å²) in [5.74, 6) is -1.48. The van der Waals surface area contributed by atoms with E-state index in [-0.39, 0.29) is 72.1 Å². The molecule has 2 amide bonds. The number of hydrogen-bond donors (Lipinski definition) is 7. The maximum absolute atomic E-state index is 13.3. The normalized spacial score (nSPS) is 19.0. The highest BCUT2D eigenvalue weighted by atomic mass is 79.9. The number of anilines is 2. The topological polar surface area (TPSA) is 242 Å². The molecule has 95 heavy (non-hydrogen) atoms. The molecule has 18 nitrogen and oxygen atoms in total. The van der Waals surface area contributed by atoms with Crippen molar-refractivity contribution < 1.29 is 38.1 Å². The Bertz CT molecular complexity index is 3710. The van der Waals surface area contributed by atoms with E-state index in [0.717, 1.165) is 114 Å². The molecule has 8 aromatic rings. The minimum atomic E-state index is -0.574. The van der Waals surface area contributed by atoms with Gasteiger partial charge in [-0.2, -0.15) is 8.78 Å². The minimum Gasteiger partial charge on any atom is -0.396 e. The van der Waals surface area contributed by atoms with Gasteiger partial charge in [0.2, 0.25) is 11.9 Å². The zero-order valence-corrected chi connectivity index (χ0v) is 55.6. The molecule has 6 heterocycles. The predicted molar refractivity (Wildman–Crippen MR) is 372 cm³/mol. The van der Waals surface area contributed by atoms with Crippen LogP contribution in [0.1, 0.15) is 107 Å². The summed E-state index contributed by atoms with van der Waals surface area (Å²) in [5, 5.41) is 27.4. The third-order valence-corrected chi connectivity index (χ3v) is 18.8. The summed E-state index contributed by atoms with van der Waals surface area (Å²) in [4.78, 5) is 49.6. The lowest BCUT2D eigenvalue weighted by atomic mass is 9.99. The van der Waals surface area contributed by atoms with Crippen molar-refractivity contribution in [2.24, 2.45) is 0 Å². The van der Waals surface area contributed by atoms with Crippen LogP contribution in [-0.2, 0) is 22.7 Å². The SMILES string of the molecule is C[C@@H](c1ccc(-c2ccc(CO[C@H]3CCC[C@@H]3NC(=O)c3cc(-c4ccc(F)nc4)cnc3N)cc2)cc1)N1CCN(CCO)CC1.C[C@@H](c1ccc(-c2ccc(CO[C@H]3CCC[C@@H]3NC(=O)c3cc(-c4ccc(F)nc4)cnc3N)cc2)cc1)N1CCNCC1.OCCBr. The lowest BCUT2D eigenvalue weighted by Crippen LogP contribution is -2.47. The number of alkyl halides is 1. The van der Waals surface area contributed by atoms with Gasteiger partial charge in [0.25, 0.3) is 11.8 Å². The van der Waals surface area contributed by atoms with E-state index in [9.17, 15) is 23.5 Å².